The van der Waals surface area contributed by atoms with Crippen molar-refractivity contribution in [2.75, 3.05) is 11.9 Å². The lowest BCUT2D eigenvalue weighted by atomic mass is 10.0. The highest BCUT2D eigenvalue weighted by molar-refractivity contribution is 7.23. The van der Waals surface area contributed by atoms with E-state index in [0.717, 1.165) is 42.0 Å². The third-order valence-corrected chi connectivity index (χ3v) is 8.64. The first-order chi connectivity index (χ1) is 15.0. The van der Waals surface area contributed by atoms with Gasteiger partial charge in [-0.25, -0.2) is 4.98 Å². The Kier molecular flexibility index (Phi) is 5.56. The smallest absolute Gasteiger partial charge is 0.230 e. The molecule has 0 atom stereocenters. The van der Waals surface area contributed by atoms with Crippen LogP contribution in [0.4, 0.5) is 5.00 Å². The van der Waals surface area contributed by atoms with Crippen LogP contribution in [-0.2, 0) is 29.0 Å². The number of halogens is 1. The maximum atomic E-state index is 12.8. The lowest BCUT2D eigenvalue weighted by Gasteiger charge is -2.26. The summed E-state index contributed by atoms with van der Waals surface area (Å²) in [6.45, 7) is 2.85. The fourth-order valence-electron chi connectivity index (χ4n) is 3.74. The lowest BCUT2D eigenvalue weighted by molar-refractivity contribution is -0.129. The molecule has 1 aliphatic heterocycles. The second-order valence-electron chi connectivity index (χ2n) is 7.32. The lowest BCUT2D eigenvalue weighted by Crippen LogP contribution is -2.33. The van der Waals surface area contributed by atoms with Gasteiger partial charge in [0.1, 0.15) is 10.0 Å². The first-order valence-corrected chi connectivity index (χ1v) is 12.6. The zero-order chi connectivity index (χ0) is 21.5. The van der Waals surface area contributed by atoms with Crippen LogP contribution >= 0.6 is 45.6 Å². The van der Waals surface area contributed by atoms with Gasteiger partial charge in [0.15, 0.2) is 0 Å². The number of carbonyl (C=O) groups excluding carboxylic acids is 2. The number of carbonyl (C=O) groups is 2. The molecule has 4 heterocycles. The van der Waals surface area contributed by atoms with Crippen LogP contribution in [0.25, 0.3) is 20.8 Å². The van der Waals surface area contributed by atoms with Crippen molar-refractivity contribution in [2.45, 2.75) is 26.3 Å². The van der Waals surface area contributed by atoms with Crippen molar-refractivity contribution in [3.05, 3.63) is 56.1 Å². The zero-order valence-corrected chi connectivity index (χ0v) is 19.8. The molecule has 0 spiro atoms. The minimum Gasteiger partial charge on any atom is -0.337 e. The second-order valence-corrected chi connectivity index (χ2v) is 11.3. The molecule has 9 heteroatoms. The normalized spacial score (nSPS) is 13.4. The van der Waals surface area contributed by atoms with E-state index in [9.17, 15) is 9.59 Å². The van der Waals surface area contributed by atoms with Crippen molar-refractivity contribution in [1.29, 1.82) is 0 Å². The quantitative estimate of drug-likeness (QED) is 0.394. The van der Waals surface area contributed by atoms with E-state index in [0.29, 0.717) is 17.4 Å². The molecule has 0 unspecified atom stereocenters. The van der Waals surface area contributed by atoms with Crippen LogP contribution in [0.5, 0.6) is 0 Å². The first kappa shape index (κ1) is 20.6. The van der Waals surface area contributed by atoms with Crippen LogP contribution < -0.4 is 5.32 Å². The van der Waals surface area contributed by atoms with Gasteiger partial charge < -0.3 is 10.2 Å². The van der Waals surface area contributed by atoms with Gasteiger partial charge in [0.2, 0.25) is 11.8 Å². The highest BCUT2D eigenvalue weighted by Crippen LogP contribution is 2.45. The Morgan fingerprint density at radius 3 is 2.74 bits per heavy atom. The van der Waals surface area contributed by atoms with E-state index >= 15 is 0 Å². The number of amides is 2. The summed E-state index contributed by atoms with van der Waals surface area (Å²) in [5.41, 5.74) is 3.15. The molecular formula is C22H18ClN3O2S3. The summed E-state index contributed by atoms with van der Waals surface area (Å²) in [5.74, 6) is -0.0105. The monoisotopic (exact) mass is 487 g/mol. The molecule has 0 saturated carbocycles. The summed E-state index contributed by atoms with van der Waals surface area (Å²) in [6.07, 6.45) is 1.03. The summed E-state index contributed by atoms with van der Waals surface area (Å²) in [7, 11) is 0. The minimum absolute atomic E-state index is 0.0701. The van der Waals surface area contributed by atoms with Gasteiger partial charge in [0, 0.05) is 28.8 Å². The largest absolute Gasteiger partial charge is 0.337 e. The average molecular weight is 488 g/mol. The molecule has 3 aromatic heterocycles. The molecule has 158 valence electrons. The van der Waals surface area contributed by atoms with Gasteiger partial charge in [-0.15, -0.1) is 34.0 Å². The molecule has 0 fully saturated rings. The molecule has 1 N–H and O–H groups in total. The molecule has 1 aromatic carbocycles. The van der Waals surface area contributed by atoms with Crippen molar-refractivity contribution < 1.29 is 9.59 Å². The Labute approximate surface area is 196 Å². The Hall–Kier alpha value is -2.26. The van der Waals surface area contributed by atoms with Crippen LogP contribution in [0.3, 0.4) is 0 Å². The first-order valence-electron chi connectivity index (χ1n) is 9.78. The van der Waals surface area contributed by atoms with E-state index in [-0.39, 0.29) is 18.2 Å². The van der Waals surface area contributed by atoms with E-state index in [4.69, 9.17) is 16.6 Å². The number of hydrogen-bond acceptors (Lipinski definition) is 6. The van der Waals surface area contributed by atoms with E-state index in [1.165, 1.54) is 16.9 Å². The van der Waals surface area contributed by atoms with E-state index < -0.39 is 0 Å². The Morgan fingerprint density at radius 1 is 1.16 bits per heavy atom. The molecule has 0 bridgehead atoms. The molecule has 0 radical (unpaired) electrons. The van der Waals surface area contributed by atoms with Crippen molar-refractivity contribution in [3.8, 4) is 10.6 Å². The van der Waals surface area contributed by atoms with Crippen LogP contribution in [0.15, 0.2) is 36.4 Å². The standard InChI is InChI=1S/C22H18ClN3O2S3/c1-12(27)26-9-8-14-17(11-26)31-22(25-19(28)10-13-6-7-18(23)29-13)20(14)21-24-15-4-2-3-5-16(15)30-21/h2-7H,8-11H2,1H3,(H,25,28). The molecule has 31 heavy (non-hydrogen) atoms. The van der Waals surface area contributed by atoms with Gasteiger partial charge >= 0.3 is 0 Å². The molecule has 2 amide bonds. The van der Waals surface area contributed by atoms with Gasteiger partial charge in [-0.05, 0) is 36.2 Å². The van der Waals surface area contributed by atoms with Crippen LogP contribution in [0, 0.1) is 0 Å². The number of para-hydroxylation sites is 1. The van der Waals surface area contributed by atoms with Gasteiger partial charge in [0.05, 0.1) is 27.5 Å². The third kappa shape index (κ3) is 4.13. The van der Waals surface area contributed by atoms with E-state index in [1.54, 1.807) is 29.6 Å². The Bertz CT molecular complexity index is 1270. The predicted octanol–water partition coefficient (Wildman–Crippen LogP) is 5.83. The van der Waals surface area contributed by atoms with Gasteiger partial charge in [-0.1, -0.05) is 23.7 Å². The number of anilines is 1. The van der Waals surface area contributed by atoms with Crippen molar-refractivity contribution in [3.63, 3.8) is 0 Å². The molecule has 1 aliphatic rings. The van der Waals surface area contributed by atoms with Crippen molar-refractivity contribution in [1.82, 2.24) is 9.88 Å². The number of nitrogens with zero attached hydrogens (tertiary/aromatic N) is 2. The SMILES string of the molecule is CC(=O)N1CCc2c(sc(NC(=O)Cc3ccc(Cl)s3)c2-c2nc3ccccc3s2)C1. The van der Waals surface area contributed by atoms with Crippen LogP contribution in [0.1, 0.15) is 22.2 Å². The van der Waals surface area contributed by atoms with Gasteiger partial charge in [-0.3, -0.25) is 9.59 Å². The topological polar surface area (TPSA) is 62.3 Å². The minimum atomic E-state index is -0.0806. The molecule has 5 nitrogen and oxygen atoms in total. The maximum absolute atomic E-state index is 12.8. The summed E-state index contributed by atoms with van der Waals surface area (Å²) >= 11 is 10.6. The van der Waals surface area contributed by atoms with Gasteiger partial charge in [-0.2, -0.15) is 0 Å². The Morgan fingerprint density at radius 2 is 2.00 bits per heavy atom. The van der Waals surface area contributed by atoms with Crippen molar-refractivity contribution >= 4 is 72.6 Å². The molecular weight excluding hydrogens is 470 g/mol. The fraction of sp³-hybridized carbons (Fsp3) is 0.227. The molecule has 5 rings (SSSR count). The number of fused-ring (bicyclic) bond motifs is 2. The van der Waals surface area contributed by atoms with Crippen molar-refractivity contribution in [2.24, 2.45) is 0 Å². The zero-order valence-electron chi connectivity index (χ0n) is 16.6. The fourth-order valence-corrected chi connectivity index (χ4v) is 7.22. The highest BCUT2D eigenvalue weighted by atomic mass is 35.5. The summed E-state index contributed by atoms with van der Waals surface area (Å²) in [4.78, 5) is 33.5. The number of hydrogen-bond donors (Lipinski definition) is 1. The molecule has 4 aromatic rings. The average Bonchev–Trinajstić information content (AvgIpc) is 3.42. The Balaban J connectivity index is 1.53. The summed E-state index contributed by atoms with van der Waals surface area (Å²) in [5, 5.41) is 4.83. The molecule has 0 saturated heterocycles. The number of rotatable bonds is 4. The summed E-state index contributed by atoms with van der Waals surface area (Å²) in [6, 6.07) is 11.7. The van der Waals surface area contributed by atoms with Crippen LogP contribution in [0.2, 0.25) is 4.34 Å². The second kappa shape index (κ2) is 8.35. The summed E-state index contributed by atoms with van der Waals surface area (Å²) < 4.78 is 1.79. The number of aromatic nitrogens is 1. The number of thiophene rings is 2. The third-order valence-electron chi connectivity index (χ3n) is 5.23. The predicted molar refractivity (Wildman–Crippen MR) is 129 cm³/mol. The number of thiazole rings is 1. The maximum Gasteiger partial charge on any atom is 0.230 e. The van der Waals surface area contributed by atoms with E-state index in [1.807, 2.05) is 35.2 Å². The van der Waals surface area contributed by atoms with Crippen LogP contribution in [-0.4, -0.2) is 28.2 Å². The number of benzene rings is 1. The van der Waals surface area contributed by atoms with E-state index in [2.05, 4.69) is 11.4 Å². The highest BCUT2D eigenvalue weighted by Gasteiger charge is 2.28. The number of nitrogens with one attached hydrogen (secondary N) is 1. The molecule has 0 aliphatic carbocycles. The van der Waals surface area contributed by atoms with Gasteiger partial charge in [0.25, 0.3) is 0 Å².